The summed E-state index contributed by atoms with van der Waals surface area (Å²) in [5.41, 5.74) is 10.4. The molecule has 0 saturated heterocycles. The molecule has 1 saturated carbocycles. The van der Waals surface area contributed by atoms with Crippen molar-refractivity contribution in [3.8, 4) is 11.1 Å². The minimum absolute atomic E-state index is 0.410. The molecule has 1 aromatic heterocycles. The zero-order chi connectivity index (χ0) is 17.7. The molecule has 1 aliphatic carbocycles. The molecule has 1 aromatic carbocycles. The van der Waals surface area contributed by atoms with Crippen LogP contribution in [0.15, 0.2) is 24.5 Å². The molecule has 1 heterocycles. The molecule has 4 heteroatoms. The van der Waals surface area contributed by atoms with Crippen molar-refractivity contribution < 1.29 is 4.79 Å². The number of rotatable bonds is 5. The number of carbonyl (C=O) groups excluding carboxylic acids is 1. The zero-order valence-electron chi connectivity index (χ0n) is 15.3. The highest BCUT2D eigenvalue weighted by Gasteiger charge is 2.37. The highest BCUT2D eigenvalue weighted by molar-refractivity contribution is 5.90. The number of aryl methyl sites for hydroxylation is 1. The first-order chi connectivity index (χ1) is 11.4. The first-order valence-electron chi connectivity index (χ1n) is 8.80. The molecule has 3 rings (SSSR count). The highest BCUT2D eigenvalue weighted by atomic mass is 16.1. The summed E-state index contributed by atoms with van der Waals surface area (Å²) in [5.74, 6) is 0. The molecule has 0 amide bonds. The second-order valence-electron chi connectivity index (χ2n) is 7.16. The fourth-order valence-corrected chi connectivity index (χ4v) is 2.67. The van der Waals surface area contributed by atoms with Crippen molar-refractivity contribution >= 4 is 12.0 Å². The Morgan fingerprint density at radius 3 is 2.50 bits per heavy atom. The largest absolute Gasteiger partial charge is 0.399 e. The molecule has 0 unspecified atom stereocenters. The number of anilines is 1. The summed E-state index contributed by atoms with van der Waals surface area (Å²) in [6, 6.07) is 3.61. The zero-order valence-corrected chi connectivity index (χ0v) is 15.3. The van der Waals surface area contributed by atoms with Crippen LogP contribution in [0.1, 0.15) is 62.4 Å². The lowest BCUT2D eigenvalue weighted by Crippen LogP contribution is -2.07. The molecular formula is C20H29N3O. The number of nitrogens with zero attached hydrogens (tertiary/aromatic N) is 2. The molecule has 0 spiro atoms. The van der Waals surface area contributed by atoms with Gasteiger partial charge in [-0.15, -0.1) is 0 Å². The Labute approximate surface area is 145 Å². The summed E-state index contributed by atoms with van der Waals surface area (Å²) in [4.78, 5) is 11.3. The number of nitrogens with two attached hydrogens (primary N) is 1. The molecule has 0 aliphatic heterocycles. The van der Waals surface area contributed by atoms with E-state index in [-0.39, 0.29) is 0 Å². The number of hydrogen-bond acceptors (Lipinski definition) is 3. The maximum Gasteiger partial charge on any atom is 0.150 e. The SMILES string of the molecule is CCCC.Cc1cc(N)cc(C=O)c1-c1cnn(CC2(C)CC2)c1. The number of carbonyl (C=O) groups is 1. The van der Waals surface area contributed by atoms with Gasteiger partial charge in [0.1, 0.15) is 0 Å². The Morgan fingerprint density at radius 1 is 1.29 bits per heavy atom. The molecule has 24 heavy (non-hydrogen) atoms. The van der Waals surface area contributed by atoms with Crippen molar-refractivity contribution in [1.82, 2.24) is 9.78 Å². The molecule has 1 aliphatic rings. The van der Waals surface area contributed by atoms with Crippen LogP contribution in [0.5, 0.6) is 0 Å². The third-order valence-electron chi connectivity index (χ3n) is 4.58. The van der Waals surface area contributed by atoms with Crippen LogP contribution < -0.4 is 5.73 Å². The van der Waals surface area contributed by atoms with Gasteiger partial charge in [0.2, 0.25) is 0 Å². The summed E-state index contributed by atoms with van der Waals surface area (Å²) in [6.45, 7) is 9.55. The predicted molar refractivity (Wildman–Crippen MR) is 100 cm³/mol. The average Bonchev–Trinajstić information content (AvgIpc) is 3.10. The van der Waals surface area contributed by atoms with E-state index in [0.717, 1.165) is 29.5 Å². The number of aromatic nitrogens is 2. The van der Waals surface area contributed by atoms with Gasteiger partial charge in [0.05, 0.1) is 6.20 Å². The lowest BCUT2D eigenvalue weighted by molar-refractivity contribution is 0.112. The van der Waals surface area contributed by atoms with Crippen LogP contribution in [0.3, 0.4) is 0 Å². The van der Waals surface area contributed by atoms with Crippen LogP contribution in [0, 0.1) is 12.3 Å². The molecule has 1 fully saturated rings. The number of unbranched alkanes of at least 4 members (excludes halogenated alkanes) is 1. The normalized spacial score (nSPS) is 14.7. The van der Waals surface area contributed by atoms with Gasteiger partial charge in [0.15, 0.2) is 6.29 Å². The maximum absolute atomic E-state index is 11.3. The molecular weight excluding hydrogens is 298 g/mol. The van der Waals surface area contributed by atoms with Crippen LogP contribution >= 0.6 is 0 Å². The van der Waals surface area contributed by atoms with E-state index in [1.54, 1.807) is 6.07 Å². The Bertz CT molecular complexity index is 697. The van der Waals surface area contributed by atoms with Gasteiger partial charge in [0, 0.05) is 29.6 Å². The van der Waals surface area contributed by atoms with Gasteiger partial charge in [0.25, 0.3) is 0 Å². The van der Waals surface area contributed by atoms with Gasteiger partial charge in [-0.05, 0) is 48.4 Å². The van der Waals surface area contributed by atoms with E-state index in [0.29, 0.717) is 16.7 Å². The minimum Gasteiger partial charge on any atom is -0.399 e. The van der Waals surface area contributed by atoms with Crippen molar-refractivity contribution in [2.24, 2.45) is 5.41 Å². The number of nitrogen functional groups attached to an aromatic ring is 1. The van der Waals surface area contributed by atoms with Gasteiger partial charge < -0.3 is 5.73 Å². The van der Waals surface area contributed by atoms with E-state index < -0.39 is 0 Å². The van der Waals surface area contributed by atoms with E-state index in [2.05, 4.69) is 25.9 Å². The van der Waals surface area contributed by atoms with E-state index >= 15 is 0 Å². The standard InChI is InChI=1S/C16H19N3O.C4H10/c1-11-5-14(17)6-12(9-20)15(11)13-7-18-19(8-13)10-16(2)3-4-16;1-3-4-2/h5-9H,3-4,10,17H2,1-2H3;3-4H2,1-2H3. The maximum atomic E-state index is 11.3. The second-order valence-corrected chi connectivity index (χ2v) is 7.16. The lowest BCUT2D eigenvalue weighted by Gasteiger charge is -2.09. The van der Waals surface area contributed by atoms with E-state index in [1.807, 2.05) is 30.1 Å². The Morgan fingerprint density at radius 2 is 1.96 bits per heavy atom. The van der Waals surface area contributed by atoms with E-state index in [1.165, 1.54) is 25.7 Å². The van der Waals surface area contributed by atoms with Gasteiger partial charge in [-0.1, -0.05) is 33.6 Å². The van der Waals surface area contributed by atoms with E-state index in [4.69, 9.17) is 5.73 Å². The Balaban J connectivity index is 0.000000471. The molecule has 2 N–H and O–H groups in total. The van der Waals surface area contributed by atoms with Crippen molar-refractivity contribution in [3.05, 3.63) is 35.7 Å². The smallest absolute Gasteiger partial charge is 0.150 e. The second kappa shape index (κ2) is 7.65. The van der Waals surface area contributed by atoms with Crippen molar-refractivity contribution in [1.29, 1.82) is 0 Å². The summed E-state index contributed by atoms with van der Waals surface area (Å²) in [6.07, 6.45) is 9.88. The van der Waals surface area contributed by atoms with Crippen LogP contribution in [0.2, 0.25) is 0 Å². The predicted octanol–water partition coefficient (Wildman–Crippen LogP) is 4.86. The summed E-state index contributed by atoms with van der Waals surface area (Å²) in [7, 11) is 0. The van der Waals surface area contributed by atoms with Gasteiger partial charge in [-0.25, -0.2) is 0 Å². The third-order valence-corrected chi connectivity index (χ3v) is 4.58. The van der Waals surface area contributed by atoms with E-state index in [9.17, 15) is 4.79 Å². The summed E-state index contributed by atoms with van der Waals surface area (Å²) in [5, 5.41) is 4.43. The summed E-state index contributed by atoms with van der Waals surface area (Å²) >= 11 is 0. The topological polar surface area (TPSA) is 60.9 Å². The first-order valence-corrected chi connectivity index (χ1v) is 8.80. The number of aldehydes is 1. The molecule has 0 radical (unpaired) electrons. The molecule has 4 nitrogen and oxygen atoms in total. The first kappa shape index (κ1) is 18.2. The van der Waals surface area contributed by atoms with Gasteiger partial charge in [-0.2, -0.15) is 5.10 Å². The Hall–Kier alpha value is -2.10. The Kier molecular flexibility index (Phi) is 5.81. The van der Waals surface area contributed by atoms with Crippen molar-refractivity contribution in [2.75, 3.05) is 5.73 Å². The van der Waals surface area contributed by atoms with Crippen LogP contribution in [-0.4, -0.2) is 16.1 Å². The van der Waals surface area contributed by atoms with Crippen molar-refractivity contribution in [3.63, 3.8) is 0 Å². The van der Waals surface area contributed by atoms with Gasteiger partial charge in [-0.3, -0.25) is 9.48 Å². The lowest BCUT2D eigenvalue weighted by atomic mass is 9.97. The van der Waals surface area contributed by atoms with Crippen LogP contribution in [0.4, 0.5) is 5.69 Å². The van der Waals surface area contributed by atoms with Gasteiger partial charge >= 0.3 is 0 Å². The number of benzene rings is 1. The molecule has 2 aromatic rings. The van der Waals surface area contributed by atoms with Crippen LogP contribution in [0.25, 0.3) is 11.1 Å². The monoisotopic (exact) mass is 327 g/mol. The molecule has 0 bridgehead atoms. The fourth-order valence-electron chi connectivity index (χ4n) is 2.67. The van der Waals surface area contributed by atoms with Crippen LogP contribution in [-0.2, 0) is 6.54 Å². The summed E-state index contributed by atoms with van der Waals surface area (Å²) < 4.78 is 1.98. The quantitative estimate of drug-likeness (QED) is 0.630. The third kappa shape index (κ3) is 4.47. The fraction of sp³-hybridized carbons (Fsp3) is 0.500. The highest BCUT2D eigenvalue weighted by Crippen LogP contribution is 2.46. The molecule has 0 atom stereocenters. The van der Waals surface area contributed by atoms with Crippen molar-refractivity contribution in [2.45, 2.75) is 59.9 Å². The molecule has 130 valence electrons. The number of hydrogen-bond donors (Lipinski definition) is 1. The minimum atomic E-state index is 0.410. The average molecular weight is 327 g/mol.